The number of hydrogen-bond donors (Lipinski definition) is 0. The molecule has 4 aromatic carbocycles. The Kier molecular flexibility index (Phi) is 26.4. The van der Waals surface area contributed by atoms with Crippen molar-refractivity contribution in [3.05, 3.63) is 133 Å². The van der Waals surface area contributed by atoms with Gasteiger partial charge in [-0.05, 0) is 181 Å². The molecule has 390 valence electrons. The van der Waals surface area contributed by atoms with Gasteiger partial charge in [0.2, 0.25) is 0 Å². The van der Waals surface area contributed by atoms with Crippen LogP contribution in [0.5, 0.6) is 11.5 Å². The number of carboxylic acid groups (broad SMARTS) is 4. The molecule has 0 N–H and O–H groups in total. The van der Waals surface area contributed by atoms with Gasteiger partial charge in [-0.15, -0.1) is 0 Å². The second kappa shape index (κ2) is 29.8. The van der Waals surface area contributed by atoms with E-state index in [9.17, 15) is 39.6 Å². The van der Waals surface area contributed by atoms with Gasteiger partial charge in [0.1, 0.15) is 24.7 Å². The first-order valence-electron chi connectivity index (χ1n) is 26.4. The van der Waals surface area contributed by atoms with Crippen LogP contribution in [-0.2, 0) is 13.2 Å². The molecule has 8 rings (SSSR count). The van der Waals surface area contributed by atoms with Crippen LogP contribution < -0.4 is 148 Å². The standard InChI is InChI=1S/C61H72Cl2O10.4Na/c1-35(2)12-10-13-36(3)49-22-23-50-46-21-20-42-28-37(24-26-60(42,4)51(46)25-27-61(49,50)5)14-11-19-43(40-29-47(58(68)69)54(52(62)31-40)72-33-38-15-6-8-17-44(38)56(64)65)41-30-48(59(70)71)55(53(63)32-41)73-34-39-16-7-9-18-45(39)57(66)67;;;;/h6-9,15-19,29-32,35-37,42,46,49-51H,10-14,20-28,33-34H2,1-5H3,(H,64,65)(H,66,67)(H,68,69)(H,70,71);;;;/q;4*+1/p-4/t36-,37+,42?,46+,49-,50+,51+,60+,61-;;;;/m1..../s1. The summed E-state index contributed by atoms with van der Waals surface area (Å²) in [6.07, 6.45) is 18.8. The third kappa shape index (κ3) is 15.3. The predicted molar refractivity (Wildman–Crippen MR) is 275 cm³/mol. The van der Waals surface area contributed by atoms with E-state index in [4.69, 9.17) is 32.7 Å². The van der Waals surface area contributed by atoms with Gasteiger partial charge in [0.25, 0.3) is 0 Å². The van der Waals surface area contributed by atoms with Gasteiger partial charge < -0.3 is 49.1 Å². The normalized spacial score (nSPS) is 24.4. The van der Waals surface area contributed by atoms with Crippen LogP contribution in [0.25, 0.3) is 5.57 Å². The second-order valence-corrected chi connectivity index (χ2v) is 23.5. The summed E-state index contributed by atoms with van der Waals surface area (Å²) in [7, 11) is 0. The van der Waals surface area contributed by atoms with Crippen molar-refractivity contribution < 1.29 is 167 Å². The Morgan fingerprint density at radius 3 is 1.62 bits per heavy atom. The first kappa shape index (κ1) is 68.2. The third-order valence-corrected chi connectivity index (χ3v) is 18.8. The van der Waals surface area contributed by atoms with Crippen LogP contribution in [0.15, 0.2) is 78.9 Å². The van der Waals surface area contributed by atoms with E-state index in [1.165, 1.54) is 125 Å². The van der Waals surface area contributed by atoms with Gasteiger partial charge in [0.15, 0.2) is 0 Å². The van der Waals surface area contributed by atoms with Gasteiger partial charge in [0.05, 0.1) is 33.9 Å². The van der Waals surface area contributed by atoms with E-state index in [-0.39, 0.29) is 175 Å². The number of ether oxygens (including phenoxy) is 2. The molecule has 4 aliphatic rings. The third-order valence-electron chi connectivity index (χ3n) is 18.3. The Morgan fingerprint density at radius 1 is 0.623 bits per heavy atom. The van der Waals surface area contributed by atoms with Crippen LogP contribution in [0.2, 0.25) is 10.0 Å². The molecule has 4 saturated carbocycles. The SMILES string of the molecule is CC(C)CCC[C@@H](C)[C@H]1CC[C@H]2[C@@H]3CCC4C[C@@H](CCC=C(c5cc(Cl)c(OCc6ccccc6C(=O)[O-])c(C(=O)[O-])c5)c5cc(Cl)c(OCc6ccccc6C(=O)[O-])c(C(=O)[O-])c5)CC[C@]4(C)[C@H]3CC[C@]12C.[Na+].[Na+].[Na+].[Na+]. The van der Waals surface area contributed by atoms with E-state index in [1.54, 1.807) is 12.1 Å². The van der Waals surface area contributed by atoms with Gasteiger partial charge in [-0.2, -0.15) is 0 Å². The molecule has 0 heterocycles. The summed E-state index contributed by atoms with van der Waals surface area (Å²) in [6, 6.07) is 17.7. The molecule has 0 aliphatic heterocycles. The van der Waals surface area contributed by atoms with Crippen LogP contribution in [0.1, 0.15) is 188 Å². The van der Waals surface area contributed by atoms with Gasteiger partial charge >= 0.3 is 118 Å². The average molecular weight is 1120 g/mol. The first-order valence-corrected chi connectivity index (χ1v) is 27.2. The molecule has 10 nitrogen and oxygen atoms in total. The van der Waals surface area contributed by atoms with E-state index in [0.29, 0.717) is 45.8 Å². The zero-order valence-corrected chi connectivity index (χ0v) is 56.3. The van der Waals surface area contributed by atoms with Gasteiger partial charge in [-0.3, -0.25) is 0 Å². The molecule has 0 saturated heterocycles. The summed E-state index contributed by atoms with van der Waals surface area (Å²) in [4.78, 5) is 49.3. The number of benzene rings is 4. The molecule has 0 radical (unpaired) electrons. The molecule has 0 aromatic heterocycles. The van der Waals surface area contributed by atoms with Crippen molar-refractivity contribution in [2.75, 3.05) is 0 Å². The molecule has 4 fully saturated rings. The maximum Gasteiger partial charge on any atom is 1.00 e. The van der Waals surface area contributed by atoms with Crippen LogP contribution in [-0.4, -0.2) is 23.9 Å². The van der Waals surface area contributed by atoms with Crippen molar-refractivity contribution in [1.29, 1.82) is 0 Å². The largest absolute Gasteiger partial charge is 1.00 e. The minimum Gasteiger partial charge on any atom is -0.545 e. The van der Waals surface area contributed by atoms with Crippen LogP contribution >= 0.6 is 23.2 Å². The summed E-state index contributed by atoms with van der Waals surface area (Å²) in [6.45, 7) is 11.8. The smallest absolute Gasteiger partial charge is 0.545 e. The Hall–Kier alpha value is -1.32. The predicted octanol–water partition coefficient (Wildman–Crippen LogP) is -1.43. The molecule has 4 aliphatic carbocycles. The van der Waals surface area contributed by atoms with Crippen LogP contribution in [0, 0.1) is 58.2 Å². The molecule has 4 aromatic rings. The van der Waals surface area contributed by atoms with Crippen molar-refractivity contribution >= 4 is 52.7 Å². The van der Waals surface area contributed by atoms with Gasteiger partial charge in [-0.1, -0.05) is 132 Å². The number of rotatable bonds is 20. The molecule has 77 heavy (non-hydrogen) atoms. The summed E-state index contributed by atoms with van der Waals surface area (Å²) in [5.74, 6) is -0.725. The number of hydrogen-bond acceptors (Lipinski definition) is 10. The van der Waals surface area contributed by atoms with Crippen molar-refractivity contribution in [1.82, 2.24) is 0 Å². The number of carbonyl (C=O) groups excluding carboxylic acids is 4. The summed E-state index contributed by atoms with van der Waals surface area (Å²) in [5, 5.41) is 49.1. The average Bonchev–Trinajstić information content (AvgIpc) is 3.72. The fourth-order valence-electron chi connectivity index (χ4n) is 14.6. The Balaban J connectivity index is 0.00000320. The number of carbonyl (C=O) groups is 4. The maximum atomic E-state index is 12.8. The van der Waals surface area contributed by atoms with Crippen LogP contribution in [0.3, 0.4) is 0 Å². The van der Waals surface area contributed by atoms with E-state index in [2.05, 4.69) is 34.6 Å². The van der Waals surface area contributed by atoms with E-state index >= 15 is 0 Å². The summed E-state index contributed by atoms with van der Waals surface area (Å²) >= 11 is 13.7. The molecule has 0 spiro atoms. The molecule has 16 heteroatoms. The first-order chi connectivity index (χ1) is 34.8. The topological polar surface area (TPSA) is 179 Å². The number of allylic oxidation sites excluding steroid dienone is 1. The molecular weight excluding hydrogens is 1060 g/mol. The van der Waals surface area contributed by atoms with Crippen molar-refractivity contribution in [3.63, 3.8) is 0 Å². The molecule has 1 unspecified atom stereocenters. The molecule has 0 bridgehead atoms. The molecule has 0 amide bonds. The number of halogens is 2. The van der Waals surface area contributed by atoms with E-state index < -0.39 is 35.0 Å². The second-order valence-electron chi connectivity index (χ2n) is 22.7. The van der Waals surface area contributed by atoms with Gasteiger partial charge in [-0.25, -0.2) is 0 Å². The van der Waals surface area contributed by atoms with Crippen LogP contribution in [0.4, 0.5) is 0 Å². The monoisotopic (exact) mass is 1120 g/mol. The number of carboxylic acids is 4. The van der Waals surface area contributed by atoms with Crippen molar-refractivity contribution in [3.8, 4) is 11.5 Å². The van der Waals surface area contributed by atoms with Crippen molar-refractivity contribution in [2.45, 2.75) is 138 Å². The Morgan fingerprint density at radius 2 is 1.12 bits per heavy atom. The Bertz CT molecular complexity index is 2640. The van der Waals surface area contributed by atoms with E-state index in [1.807, 2.05) is 6.08 Å². The summed E-state index contributed by atoms with van der Waals surface area (Å²) in [5.41, 5.74) is 1.20. The van der Waals surface area contributed by atoms with E-state index in [0.717, 1.165) is 54.8 Å². The van der Waals surface area contributed by atoms with Gasteiger partial charge in [0, 0.05) is 22.3 Å². The quantitative estimate of drug-likeness (QED) is 0.0955. The fraction of sp³-hybridized carbons (Fsp3) is 0.508. The zero-order valence-electron chi connectivity index (χ0n) is 46.8. The minimum atomic E-state index is -1.61. The maximum absolute atomic E-state index is 12.8. The number of fused-ring (bicyclic) bond motifs is 5. The molecule has 9 atom stereocenters. The fourth-order valence-corrected chi connectivity index (χ4v) is 15.1. The minimum absolute atomic E-state index is 0. The Labute approximate surface area is 554 Å². The zero-order chi connectivity index (χ0) is 52.4. The number of aromatic carboxylic acids is 4. The summed E-state index contributed by atoms with van der Waals surface area (Å²) < 4.78 is 11.8. The van der Waals surface area contributed by atoms with Crippen molar-refractivity contribution in [2.24, 2.45) is 58.2 Å². The molecular formula is C61H68Cl2Na4O10.